The Morgan fingerprint density at radius 3 is 2.40 bits per heavy atom. The predicted molar refractivity (Wildman–Crippen MR) is 66.1 cm³/mol. The highest BCUT2D eigenvalue weighted by Crippen LogP contribution is 2.14. The molecule has 8 nitrogen and oxygen atoms in total. The number of carbonyl (C=O) groups is 3. The maximum absolute atomic E-state index is 11.6. The Bertz CT molecular complexity index is 503. The minimum atomic E-state index is -1.43. The van der Waals surface area contributed by atoms with Crippen molar-refractivity contribution >= 4 is 17.8 Å². The Balaban J connectivity index is 2.54. The standard InChI is InChI=1S/C12H16N2O6/c1-6-8(7(2)20-14-6)3-4-10(15)13-9(12(18)19)5-11(16)17/h9H,3-5H2,1-2H3,(H,13,15)(H,16,17)(H,18,19). The van der Waals surface area contributed by atoms with Crippen molar-refractivity contribution in [2.45, 2.75) is 39.2 Å². The van der Waals surface area contributed by atoms with Gasteiger partial charge in [0.1, 0.15) is 11.8 Å². The van der Waals surface area contributed by atoms with Crippen LogP contribution < -0.4 is 5.32 Å². The van der Waals surface area contributed by atoms with E-state index in [-0.39, 0.29) is 6.42 Å². The highest BCUT2D eigenvalue weighted by molar-refractivity contribution is 5.86. The molecule has 0 saturated heterocycles. The molecule has 0 aliphatic heterocycles. The zero-order valence-electron chi connectivity index (χ0n) is 11.2. The highest BCUT2D eigenvalue weighted by atomic mass is 16.5. The van der Waals surface area contributed by atoms with Gasteiger partial charge in [-0.25, -0.2) is 4.79 Å². The molecule has 20 heavy (non-hydrogen) atoms. The monoisotopic (exact) mass is 284 g/mol. The van der Waals surface area contributed by atoms with E-state index in [2.05, 4.69) is 10.5 Å². The van der Waals surface area contributed by atoms with E-state index in [0.717, 1.165) is 5.56 Å². The van der Waals surface area contributed by atoms with Gasteiger partial charge in [0.05, 0.1) is 12.1 Å². The molecule has 0 fully saturated rings. The van der Waals surface area contributed by atoms with Crippen molar-refractivity contribution in [3.05, 3.63) is 17.0 Å². The molecular formula is C12H16N2O6. The molecule has 0 radical (unpaired) electrons. The van der Waals surface area contributed by atoms with Gasteiger partial charge in [0, 0.05) is 12.0 Å². The van der Waals surface area contributed by atoms with Gasteiger partial charge in [-0.15, -0.1) is 0 Å². The summed E-state index contributed by atoms with van der Waals surface area (Å²) < 4.78 is 4.95. The van der Waals surface area contributed by atoms with Crippen LogP contribution in [0.1, 0.15) is 29.9 Å². The SMILES string of the molecule is Cc1noc(C)c1CCC(=O)NC(CC(=O)O)C(=O)O. The summed E-state index contributed by atoms with van der Waals surface area (Å²) in [6.45, 7) is 3.46. The number of hydrogen-bond acceptors (Lipinski definition) is 5. The van der Waals surface area contributed by atoms with E-state index >= 15 is 0 Å². The fraction of sp³-hybridized carbons (Fsp3) is 0.500. The number of aromatic nitrogens is 1. The Hall–Kier alpha value is -2.38. The molecule has 1 heterocycles. The summed E-state index contributed by atoms with van der Waals surface area (Å²) in [4.78, 5) is 32.9. The number of nitrogens with zero attached hydrogens (tertiary/aromatic N) is 1. The lowest BCUT2D eigenvalue weighted by Crippen LogP contribution is -2.42. The van der Waals surface area contributed by atoms with Crippen molar-refractivity contribution in [1.29, 1.82) is 0 Å². The summed E-state index contributed by atoms with van der Waals surface area (Å²) in [7, 11) is 0. The van der Waals surface area contributed by atoms with Crippen molar-refractivity contribution in [3.8, 4) is 0 Å². The second-order valence-corrected chi connectivity index (χ2v) is 4.36. The van der Waals surface area contributed by atoms with E-state index in [1.165, 1.54) is 0 Å². The van der Waals surface area contributed by atoms with E-state index in [1.54, 1.807) is 13.8 Å². The van der Waals surface area contributed by atoms with Crippen molar-refractivity contribution in [2.24, 2.45) is 0 Å². The first kappa shape index (κ1) is 15.7. The van der Waals surface area contributed by atoms with Crippen molar-refractivity contribution < 1.29 is 29.1 Å². The third kappa shape index (κ3) is 4.38. The number of aryl methyl sites for hydroxylation is 2. The molecule has 1 unspecified atom stereocenters. The molecule has 0 saturated carbocycles. The fourth-order valence-corrected chi connectivity index (χ4v) is 1.74. The molecule has 1 atom stereocenters. The molecule has 110 valence electrons. The lowest BCUT2D eigenvalue weighted by molar-refractivity contribution is -0.147. The van der Waals surface area contributed by atoms with E-state index < -0.39 is 30.3 Å². The van der Waals surface area contributed by atoms with E-state index in [1.807, 2.05) is 0 Å². The summed E-state index contributed by atoms with van der Waals surface area (Å²) in [5.41, 5.74) is 1.47. The highest BCUT2D eigenvalue weighted by Gasteiger charge is 2.23. The van der Waals surface area contributed by atoms with Gasteiger partial charge in [0.2, 0.25) is 5.91 Å². The van der Waals surface area contributed by atoms with Crippen molar-refractivity contribution in [3.63, 3.8) is 0 Å². The predicted octanol–water partition coefficient (Wildman–Crippen LogP) is 0.268. The average molecular weight is 284 g/mol. The molecule has 8 heteroatoms. The molecular weight excluding hydrogens is 268 g/mol. The zero-order valence-corrected chi connectivity index (χ0v) is 11.2. The third-order valence-corrected chi connectivity index (χ3v) is 2.80. The number of aliphatic carboxylic acids is 2. The summed E-state index contributed by atoms with van der Waals surface area (Å²) in [6.07, 6.45) is -0.273. The first-order valence-electron chi connectivity index (χ1n) is 5.97. The first-order chi connectivity index (χ1) is 9.31. The van der Waals surface area contributed by atoms with Crippen molar-refractivity contribution in [2.75, 3.05) is 0 Å². The van der Waals surface area contributed by atoms with Gasteiger partial charge in [-0.3, -0.25) is 9.59 Å². The second kappa shape index (κ2) is 6.69. The van der Waals surface area contributed by atoms with Crippen LogP contribution in [0, 0.1) is 13.8 Å². The molecule has 0 spiro atoms. The molecule has 1 aromatic rings. The maximum atomic E-state index is 11.6. The average Bonchev–Trinajstić information content (AvgIpc) is 2.65. The Kier molecular flexibility index (Phi) is 5.24. The van der Waals surface area contributed by atoms with Gasteiger partial charge >= 0.3 is 11.9 Å². The molecule has 1 rings (SSSR count). The first-order valence-corrected chi connectivity index (χ1v) is 5.97. The van der Waals surface area contributed by atoms with Crippen LogP contribution in [0.25, 0.3) is 0 Å². The third-order valence-electron chi connectivity index (χ3n) is 2.80. The maximum Gasteiger partial charge on any atom is 0.326 e. The molecule has 3 N–H and O–H groups in total. The summed E-state index contributed by atoms with van der Waals surface area (Å²) in [5, 5.41) is 23.3. The fourth-order valence-electron chi connectivity index (χ4n) is 1.74. The Morgan fingerprint density at radius 1 is 1.30 bits per heavy atom. The number of rotatable bonds is 7. The topological polar surface area (TPSA) is 130 Å². The summed E-state index contributed by atoms with van der Waals surface area (Å²) in [6, 6.07) is -1.43. The van der Waals surface area contributed by atoms with Crippen LogP contribution in [-0.2, 0) is 20.8 Å². The van der Waals surface area contributed by atoms with Crippen LogP contribution in [0.5, 0.6) is 0 Å². The van der Waals surface area contributed by atoms with Gasteiger partial charge < -0.3 is 20.1 Å². The van der Waals surface area contributed by atoms with E-state index in [9.17, 15) is 14.4 Å². The normalized spacial score (nSPS) is 11.9. The minimum absolute atomic E-state index is 0.0340. The van der Waals surface area contributed by atoms with Crippen LogP contribution in [0.3, 0.4) is 0 Å². The molecule has 1 amide bonds. The minimum Gasteiger partial charge on any atom is -0.481 e. The Labute approximate surface area is 114 Å². The molecule has 0 bridgehead atoms. The van der Waals surface area contributed by atoms with Crippen LogP contribution in [-0.4, -0.2) is 39.3 Å². The molecule has 0 aliphatic rings. The summed E-state index contributed by atoms with van der Waals surface area (Å²) in [5.74, 6) is -2.59. The number of carbonyl (C=O) groups excluding carboxylic acids is 1. The largest absolute Gasteiger partial charge is 0.481 e. The van der Waals surface area contributed by atoms with Gasteiger partial charge in [-0.2, -0.15) is 0 Å². The van der Waals surface area contributed by atoms with Gasteiger partial charge in [-0.05, 0) is 20.3 Å². The lowest BCUT2D eigenvalue weighted by Gasteiger charge is -2.12. The molecule has 1 aromatic heterocycles. The number of carboxylic acids is 2. The van der Waals surface area contributed by atoms with Gasteiger partial charge in [-0.1, -0.05) is 5.16 Å². The van der Waals surface area contributed by atoms with Crippen molar-refractivity contribution in [1.82, 2.24) is 10.5 Å². The van der Waals surface area contributed by atoms with Crippen LogP contribution in [0.15, 0.2) is 4.52 Å². The van der Waals surface area contributed by atoms with Crippen LogP contribution >= 0.6 is 0 Å². The number of hydrogen-bond donors (Lipinski definition) is 3. The smallest absolute Gasteiger partial charge is 0.326 e. The van der Waals surface area contributed by atoms with Gasteiger partial charge in [0.15, 0.2) is 0 Å². The van der Waals surface area contributed by atoms with E-state index in [4.69, 9.17) is 14.7 Å². The van der Waals surface area contributed by atoms with Crippen LogP contribution in [0.4, 0.5) is 0 Å². The van der Waals surface area contributed by atoms with Gasteiger partial charge in [0.25, 0.3) is 0 Å². The molecule has 0 aromatic carbocycles. The van der Waals surface area contributed by atoms with E-state index in [0.29, 0.717) is 17.9 Å². The molecule has 0 aliphatic carbocycles. The number of amides is 1. The van der Waals surface area contributed by atoms with Crippen LogP contribution in [0.2, 0.25) is 0 Å². The number of nitrogens with one attached hydrogen (secondary N) is 1. The Morgan fingerprint density at radius 2 is 1.95 bits per heavy atom. The quantitative estimate of drug-likeness (QED) is 0.655. The zero-order chi connectivity index (χ0) is 15.3. The lowest BCUT2D eigenvalue weighted by atomic mass is 10.1. The number of carboxylic acid groups (broad SMARTS) is 2. The summed E-state index contributed by atoms with van der Waals surface area (Å²) >= 11 is 0. The second-order valence-electron chi connectivity index (χ2n) is 4.36.